The third-order valence-corrected chi connectivity index (χ3v) is 26.5. The van der Waals surface area contributed by atoms with Crippen LogP contribution < -0.4 is 27.4 Å². The number of amides is 3. The van der Waals surface area contributed by atoms with Crippen molar-refractivity contribution < 1.29 is 129 Å². The second-order valence-corrected chi connectivity index (χ2v) is 51.1. The molecular weight excluding hydrogens is 2080 g/mol. The number of nitrogen functional groups attached to an aromatic ring is 2. The number of anilines is 5. The molecule has 0 spiro atoms. The molecule has 0 saturated carbocycles. The number of nitrogens with zero attached hydrogens (tertiary/aromatic N) is 25. The lowest BCUT2D eigenvalue weighted by atomic mass is 10.1. The van der Waals surface area contributed by atoms with E-state index in [0.717, 1.165) is 0 Å². The Morgan fingerprint density at radius 3 is 0.987 bits per heavy atom. The van der Waals surface area contributed by atoms with Crippen molar-refractivity contribution in [2.75, 3.05) is 73.7 Å². The van der Waals surface area contributed by atoms with Crippen molar-refractivity contribution in [2.24, 2.45) is 0 Å². The Morgan fingerprint density at radius 1 is 0.383 bits per heavy atom. The van der Waals surface area contributed by atoms with Crippen molar-refractivity contribution in [3.8, 4) is 0 Å². The predicted octanol–water partition coefficient (Wildman–Crippen LogP) is 5.27. The number of ether oxygens (including phenoxy) is 11. The molecule has 0 unspecified atom stereocenters. The average Bonchev–Trinajstić information content (AvgIpc) is 1.60. The Labute approximate surface area is 855 Å². The molecule has 8 aliphatic heterocycles. The van der Waals surface area contributed by atoms with Gasteiger partial charge in [0.05, 0.1) is 46.2 Å². The van der Waals surface area contributed by atoms with E-state index >= 15 is 0 Å². The lowest BCUT2D eigenvalue weighted by Crippen LogP contribution is -2.33. The van der Waals surface area contributed by atoms with Gasteiger partial charge in [0.2, 0.25) is 0 Å². The molecule has 61 heteroatoms. The largest absolute Gasteiger partial charge is 0.394 e. The van der Waals surface area contributed by atoms with Gasteiger partial charge in [-0.25, -0.2) is 49.8 Å². The van der Waals surface area contributed by atoms with Crippen LogP contribution in [0.25, 0.3) is 55.8 Å². The molecule has 18 heterocycles. The van der Waals surface area contributed by atoms with Gasteiger partial charge in [-0.3, -0.25) is 23.5 Å². The van der Waals surface area contributed by atoms with Gasteiger partial charge in [-0.15, -0.1) is 40.8 Å². The SMILES string of the molecule is CC1(C)O[C@@H]2[C@H](O1)[C@@H](CO)O[C@H]2n1nnc2c(N)ncnc21.CC1(C)O[C@@H]2[C@H](O1)[C@@H](CO)O[C@H]2n1nnc2c(NC(=O)c3ccccc3)ncnc21.CCOP(=O)(/C=C/[C@H]1O[C@@H](n2nnc3c(NC(=O)c4ccccc4)ncnc32)[C@@H]2OC(C)(C)O[C@@H]21)OCC.CCOP(=O)(/C=C/[C@H]1O[C@@H](n2nnc3c(NC(=O)c4ccccc4)ncnc32)[C@H](O)[C@@H]1O)OCC.C[Si](C)(C)Br.Nc1ncnc2c1nnn2[C@@H]1O[C@H](CO)[C@@H](O)[C@H]1O. The number of hydrogen-bond acceptors (Lipinski definition) is 49. The zero-order valence-electron chi connectivity index (χ0n) is 82.3. The highest BCUT2D eigenvalue weighted by atomic mass is 79.9. The summed E-state index contributed by atoms with van der Waals surface area (Å²) in [7, 11) is -6.99. The Kier molecular flexibility index (Phi) is 34.1. The quantitative estimate of drug-likeness (QED) is 0.0186. The summed E-state index contributed by atoms with van der Waals surface area (Å²) in [6, 6.07) is 26.1. The van der Waals surface area contributed by atoms with Gasteiger partial charge in [0.1, 0.15) is 130 Å². The summed E-state index contributed by atoms with van der Waals surface area (Å²) in [5.74, 6) is 0.0158. The van der Waals surface area contributed by atoms with Gasteiger partial charge < -0.3 is 133 Å². The maximum absolute atomic E-state index is 13.0. The van der Waals surface area contributed by atoms with Crippen LogP contribution in [0.3, 0.4) is 0 Å². The third kappa shape index (κ3) is 24.5. The number of nitrogens with one attached hydrogen (secondary N) is 3. The standard InChI is InChI=1S/C24H29N6O7P.C21H25N6O7P.C19H20N6O5.C12H16N6O4.C9H12N6O4.C3H9BrSi/c1-5-33-38(32,34-6-2)13-12-16-18-19(37-24(3,4)36-18)23(35-16)30-21-17(28-29-30)20(25-14-26-21)27-22(31)15-10-8-7-9-11-15;1-3-32-35(31,33-4-2)11-10-14-16(28)17(29)21(34-14)27-19-15(25-26-27)18(22-12-23-19)24-20(30)13-8-6-5-7-9-13;1-19(2)29-13-11(8-26)28-18(14(13)30-19)25-16-12(23-24-25)15(20-9-21-16)22-17(27)10-6-4-3-5-7-10;1-12(2)21-7-5(3-19)20-11(8(7)22-12)18-10-6(16-17-18)9(13)14-4-15-10;10-7-4-8(12-2-11-7)15(14-13-4)9-6(18)5(17)3(1-16)19-9;1-5(2,3)4/h7-14,16,18-19,23H,5-6H2,1-4H3,(H,25,26,27,31);5-12,14,16-17,21,28-29H,3-4H2,1-2H3,(H,22,23,24,30);3-7,9,11,13-14,18,26H,8H2,1-2H3,(H,20,21,22,27);4-5,7-8,11,19H,3H2,1-2H3,(H2,13,14,15);2-3,5-6,9,16-18H,1H2,(H2,10,11,12);1-3H3/b13-12+;11-10+;;;;/t16-,18-,19-,23-;14-,16-,17-,21-;11-,13-,14-,18-;5-,7-,8-,11-;3-,5-,6-,9-;/m11111./s1. The van der Waals surface area contributed by atoms with Crippen molar-refractivity contribution in [1.82, 2.24) is 125 Å². The molecular formula is C88H111BrN30O27P2Si. The molecule has 8 fully saturated rings. The van der Waals surface area contributed by atoms with Gasteiger partial charge in [0, 0.05) is 28.3 Å². The minimum Gasteiger partial charge on any atom is -0.394 e. The first-order chi connectivity index (χ1) is 71.2. The number of aromatic nitrogens is 25. The van der Waals surface area contributed by atoms with Crippen LogP contribution in [0.15, 0.2) is 146 Å². The lowest BCUT2D eigenvalue weighted by Gasteiger charge is -2.23. The molecule has 0 aliphatic carbocycles. The van der Waals surface area contributed by atoms with Crippen molar-refractivity contribution in [1.29, 1.82) is 0 Å². The van der Waals surface area contributed by atoms with Gasteiger partial charge in [-0.05, 0) is 118 Å². The van der Waals surface area contributed by atoms with E-state index in [-0.39, 0.29) is 114 Å². The number of carbonyl (C=O) groups excluding carboxylic acids is 3. The maximum atomic E-state index is 13.0. The van der Waals surface area contributed by atoms with Crippen molar-refractivity contribution in [2.45, 2.75) is 229 Å². The summed E-state index contributed by atoms with van der Waals surface area (Å²) in [6.07, 6.45) is -6.72. The number of aliphatic hydroxyl groups excluding tert-OH is 7. The Hall–Kier alpha value is -12.2. The van der Waals surface area contributed by atoms with Crippen LogP contribution in [0.1, 0.15) is 131 Å². The molecule has 21 rings (SSSR count). The minimum absolute atomic E-state index is 0.119. The van der Waals surface area contributed by atoms with Gasteiger partial charge >= 0.3 is 15.2 Å². The van der Waals surface area contributed by atoms with E-state index in [9.17, 15) is 54.2 Å². The van der Waals surface area contributed by atoms with Gasteiger partial charge in [0.15, 0.2) is 133 Å². The molecule has 0 radical (unpaired) electrons. The zero-order valence-corrected chi connectivity index (χ0v) is 86.6. The summed E-state index contributed by atoms with van der Waals surface area (Å²) >= 11 is 3.51. The highest BCUT2D eigenvalue weighted by Gasteiger charge is 2.60. The molecule has 57 nitrogen and oxygen atoms in total. The molecule has 20 atom stereocenters. The second-order valence-electron chi connectivity index (χ2n) is 36.1. The first kappa shape index (κ1) is 110. The molecule has 14 N–H and O–H groups in total. The zero-order chi connectivity index (χ0) is 106. The van der Waals surface area contributed by atoms with Crippen molar-refractivity contribution in [3.05, 3.63) is 163 Å². The molecule has 8 saturated heterocycles. The van der Waals surface area contributed by atoms with Gasteiger partial charge in [-0.1, -0.05) is 100 Å². The van der Waals surface area contributed by atoms with E-state index in [0.29, 0.717) is 44.7 Å². The molecule has 13 aromatic rings. The first-order valence-corrected chi connectivity index (χ1v) is 55.8. The van der Waals surface area contributed by atoms with Crippen molar-refractivity contribution in [3.63, 3.8) is 0 Å². The summed E-state index contributed by atoms with van der Waals surface area (Å²) < 4.78 is 119. The Bertz CT molecular complexity index is 6980. The van der Waals surface area contributed by atoms with E-state index in [1.54, 1.807) is 140 Å². The van der Waals surface area contributed by atoms with Crippen LogP contribution in [-0.2, 0) is 79.3 Å². The monoisotopic (exact) mass is 2190 g/mol. The number of carbonyl (C=O) groups is 3. The van der Waals surface area contributed by atoms with Crippen LogP contribution in [0, 0.1) is 0 Å². The molecule has 3 aromatic carbocycles. The lowest BCUT2D eigenvalue weighted by molar-refractivity contribution is -0.201. The van der Waals surface area contributed by atoms with Crippen LogP contribution in [0.2, 0.25) is 19.6 Å². The van der Waals surface area contributed by atoms with Crippen LogP contribution >= 0.6 is 30.5 Å². The second kappa shape index (κ2) is 46.3. The summed E-state index contributed by atoms with van der Waals surface area (Å²) in [4.78, 5) is 78.6. The topological polar surface area (TPSA) is 736 Å². The van der Waals surface area contributed by atoms with Crippen LogP contribution in [0.4, 0.5) is 29.1 Å². The fourth-order valence-electron chi connectivity index (χ4n) is 16.7. The first-order valence-electron chi connectivity index (χ1n) is 46.8. The fourth-order valence-corrected chi connectivity index (χ4v) is 19.4. The summed E-state index contributed by atoms with van der Waals surface area (Å²) in [5, 5.41) is 118. The number of rotatable bonds is 26. The Morgan fingerprint density at radius 2 is 0.651 bits per heavy atom. The number of hydrogen-bond donors (Lipinski definition) is 12. The summed E-state index contributed by atoms with van der Waals surface area (Å²) in [5.41, 5.74) is 15.8. The number of aliphatic hydroxyl groups is 7. The van der Waals surface area contributed by atoms with E-state index in [1.807, 2.05) is 26.0 Å². The van der Waals surface area contributed by atoms with Crippen LogP contribution in [-0.4, -0.2) is 340 Å². The number of halogens is 1. The molecule has 10 aromatic heterocycles. The maximum Gasteiger partial charge on any atom is 0.353 e. The third-order valence-electron chi connectivity index (χ3n) is 23.0. The molecule has 149 heavy (non-hydrogen) atoms. The van der Waals surface area contributed by atoms with Gasteiger partial charge in [-0.2, -0.15) is 23.4 Å². The van der Waals surface area contributed by atoms with E-state index in [1.165, 1.54) is 72.8 Å². The number of fused-ring (bicyclic) bond motifs is 8. The molecule has 8 aliphatic rings. The van der Waals surface area contributed by atoms with E-state index < -0.39 is 168 Å². The fraction of sp³-hybridized carbons (Fsp3) is 0.489. The van der Waals surface area contributed by atoms with E-state index in [2.05, 4.69) is 152 Å². The highest BCUT2D eigenvalue weighted by Crippen LogP contribution is 2.54. The smallest absolute Gasteiger partial charge is 0.353 e. The predicted molar refractivity (Wildman–Crippen MR) is 526 cm³/mol. The number of benzene rings is 3. The van der Waals surface area contributed by atoms with Crippen molar-refractivity contribution >= 4 is 140 Å². The molecule has 0 bridgehead atoms. The minimum atomic E-state index is -3.53. The van der Waals surface area contributed by atoms with E-state index in [4.69, 9.17) is 86.8 Å². The number of nitrogens with two attached hydrogens (primary N) is 2. The molecule has 3 amide bonds. The van der Waals surface area contributed by atoms with Crippen LogP contribution in [0.5, 0.6) is 0 Å². The average molecular weight is 2190 g/mol. The highest BCUT2D eigenvalue weighted by molar-refractivity contribution is 9.26. The van der Waals surface area contributed by atoms with Gasteiger partial charge in [0.25, 0.3) is 17.7 Å². The normalized spacial score (nSPS) is 26.4. The Balaban J connectivity index is 0.000000133. The molecule has 796 valence electrons. The summed E-state index contributed by atoms with van der Waals surface area (Å²) in [6.45, 7) is 23.5.